The average Bonchev–Trinajstić information content (AvgIpc) is 2.89. The first kappa shape index (κ1) is 13.4. The number of rotatable bonds is 2. The summed E-state index contributed by atoms with van der Waals surface area (Å²) in [6.07, 6.45) is 0.747. The van der Waals surface area contributed by atoms with Gasteiger partial charge in [0.15, 0.2) is 0 Å². The number of carbonyl (C=O) groups is 2. The van der Waals surface area contributed by atoms with E-state index in [0.29, 0.717) is 11.1 Å². The molecule has 2 aromatic rings. The van der Waals surface area contributed by atoms with E-state index in [-0.39, 0.29) is 11.9 Å². The van der Waals surface area contributed by atoms with Crippen molar-refractivity contribution in [1.82, 2.24) is 0 Å². The van der Waals surface area contributed by atoms with E-state index in [1.54, 1.807) is 12.1 Å². The largest absolute Gasteiger partial charge is 0.465 e. The van der Waals surface area contributed by atoms with Gasteiger partial charge in [-0.25, -0.2) is 9.59 Å². The highest BCUT2D eigenvalue weighted by atomic mass is 16.5. The van der Waals surface area contributed by atoms with Crippen LogP contribution in [0.25, 0.3) is 11.1 Å². The van der Waals surface area contributed by atoms with Crippen LogP contribution in [0.15, 0.2) is 36.4 Å². The van der Waals surface area contributed by atoms with E-state index >= 15 is 0 Å². The molecule has 0 fully saturated rings. The minimum atomic E-state index is -0.350. The van der Waals surface area contributed by atoms with Gasteiger partial charge in [0.25, 0.3) is 0 Å². The Kier molecular flexibility index (Phi) is 3.22. The third kappa shape index (κ3) is 2.18. The van der Waals surface area contributed by atoms with Crippen LogP contribution in [0, 0.1) is 0 Å². The zero-order chi connectivity index (χ0) is 15.0. The molecule has 0 spiro atoms. The van der Waals surface area contributed by atoms with Gasteiger partial charge in [-0.05, 0) is 52.9 Å². The van der Waals surface area contributed by atoms with E-state index in [9.17, 15) is 9.59 Å². The molecule has 0 amide bonds. The Hall–Kier alpha value is -2.62. The monoisotopic (exact) mass is 282 g/mol. The van der Waals surface area contributed by atoms with Gasteiger partial charge in [0, 0.05) is 0 Å². The molecule has 0 atom stereocenters. The molecule has 1 aliphatic rings. The minimum absolute atomic E-state index is 0.344. The van der Waals surface area contributed by atoms with Crippen LogP contribution < -0.4 is 0 Å². The molecule has 0 saturated heterocycles. The van der Waals surface area contributed by atoms with E-state index in [4.69, 9.17) is 9.47 Å². The molecule has 0 aliphatic heterocycles. The van der Waals surface area contributed by atoms with E-state index in [2.05, 4.69) is 0 Å². The molecule has 21 heavy (non-hydrogen) atoms. The third-order valence-electron chi connectivity index (χ3n) is 3.73. The fraction of sp³-hybridized carbons (Fsp3) is 0.176. The van der Waals surface area contributed by atoms with Gasteiger partial charge in [-0.15, -0.1) is 0 Å². The zero-order valence-corrected chi connectivity index (χ0v) is 11.8. The van der Waals surface area contributed by atoms with Gasteiger partial charge < -0.3 is 9.47 Å². The lowest BCUT2D eigenvalue weighted by Gasteiger charge is -2.05. The van der Waals surface area contributed by atoms with E-state index in [0.717, 1.165) is 28.7 Å². The lowest BCUT2D eigenvalue weighted by atomic mass is 10.0. The van der Waals surface area contributed by atoms with Crippen molar-refractivity contribution >= 4 is 11.9 Å². The number of benzene rings is 2. The van der Waals surface area contributed by atoms with Gasteiger partial charge in [0.2, 0.25) is 0 Å². The first-order chi connectivity index (χ1) is 10.1. The quantitative estimate of drug-likeness (QED) is 0.678. The molecule has 0 heterocycles. The number of ether oxygens (including phenoxy) is 2. The van der Waals surface area contributed by atoms with Crippen LogP contribution in [-0.4, -0.2) is 26.2 Å². The van der Waals surface area contributed by atoms with Crippen LogP contribution in [0.1, 0.15) is 31.8 Å². The van der Waals surface area contributed by atoms with Gasteiger partial charge in [0.05, 0.1) is 25.3 Å². The standard InChI is InChI=1S/C17H14O4/c1-20-16(18)11-5-6-14-13(8-11)7-10-3-4-12(9-15(10)14)17(19)21-2/h3-6,8-9H,7H2,1-2H3. The average molecular weight is 282 g/mol. The summed E-state index contributed by atoms with van der Waals surface area (Å²) < 4.78 is 9.49. The lowest BCUT2D eigenvalue weighted by Crippen LogP contribution is -2.01. The van der Waals surface area contributed by atoms with Crippen molar-refractivity contribution in [1.29, 1.82) is 0 Å². The molecule has 3 rings (SSSR count). The van der Waals surface area contributed by atoms with Crippen molar-refractivity contribution < 1.29 is 19.1 Å². The van der Waals surface area contributed by atoms with Crippen LogP contribution in [0.5, 0.6) is 0 Å². The Bertz CT molecular complexity index is 746. The number of methoxy groups -OCH3 is 2. The van der Waals surface area contributed by atoms with E-state index in [1.165, 1.54) is 14.2 Å². The predicted molar refractivity (Wildman–Crippen MR) is 77.4 cm³/mol. The summed E-state index contributed by atoms with van der Waals surface area (Å²) >= 11 is 0. The molecule has 4 heteroatoms. The Morgan fingerprint density at radius 2 is 1.43 bits per heavy atom. The Morgan fingerprint density at radius 1 is 0.810 bits per heavy atom. The molecule has 106 valence electrons. The summed E-state index contributed by atoms with van der Waals surface area (Å²) in [4.78, 5) is 23.2. The van der Waals surface area contributed by atoms with Crippen molar-refractivity contribution in [2.24, 2.45) is 0 Å². The second-order valence-corrected chi connectivity index (χ2v) is 4.90. The maximum absolute atomic E-state index is 11.6. The van der Waals surface area contributed by atoms with Crippen molar-refractivity contribution in [2.45, 2.75) is 6.42 Å². The zero-order valence-electron chi connectivity index (χ0n) is 11.8. The molecular weight excluding hydrogens is 268 g/mol. The van der Waals surface area contributed by atoms with Crippen LogP contribution in [-0.2, 0) is 15.9 Å². The maximum atomic E-state index is 11.6. The fourth-order valence-electron chi connectivity index (χ4n) is 2.68. The Balaban J connectivity index is 2.05. The Morgan fingerprint density at radius 3 is 2.10 bits per heavy atom. The second-order valence-electron chi connectivity index (χ2n) is 4.90. The molecule has 2 aromatic carbocycles. The highest BCUT2D eigenvalue weighted by molar-refractivity contribution is 5.94. The maximum Gasteiger partial charge on any atom is 0.337 e. The summed E-state index contributed by atoms with van der Waals surface area (Å²) in [7, 11) is 2.74. The highest BCUT2D eigenvalue weighted by Crippen LogP contribution is 2.37. The molecule has 4 nitrogen and oxygen atoms in total. The summed E-state index contributed by atoms with van der Waals surface area (Å²) in [6.45, 7) is 0. The molecule has 0 radical (unpaired) electrons. The van der Waals surface area contributed by atoms with Gasteiger partial charge in [-0.2, -0.15) is 0 Å². The number of hydrogen-bond acceptors (Lipinski definition) is 4. The van der Waals surface area contributed by atoms with Crippen LogP contribution in [0.3, 0.4) is 0 Å². The summed E-state index contributed by atoms with van der Waals surface area (Å²) in [5.74, 6) is -0.693. The summed E-state index contributed by atoms with van der Waals surface area (Å²) in [6, 6.07) is 11.0. The van der Waals surface area contributed by atoms with Gasteiger partial charge in [-0.1, -0.05) is 12.1 Å². The first-order valence-electron chi connectivity index (χ1n) is 6.57. The second kappa shape index (κ2) is 5.05. The molecule has 0 saturated carbocycles. The van der Waals surface area contributed by atoms with E-state index in [1.807, 2.05) is 24.3 Å². The van der Waals surface area contributed by atoms with Crippen LogP contribution >= 0.6 is 0 Å². The minimum Gasteiger partial charge on any atom is -0.465 e. The normalized spacial score (nSPS) is 11.5. The fourth-order valence-corrected chi connectivity index (χ4v) is 2.68. The number of fused-ring (bicyclic) bond motifs is 3. The third-order valence-corrected chi connectivity index (χ3v) is 3.73. The van der Waals surface area contributed by atoms with Crippen molar-refractivity contribution in [3.63, 3.8) is 0 Å². The molecule has 0 aromatic heterocycles. The molecule has 0 unspecified atom stereocenters. The topological polar surface area (TPSA) is 52.6 Å². The van der Waals surface area contributed by atoms with Gasteiger partial charge in [-0.3, -0.25) is 0 Å². The number of hydrogen-bond donors (Lipinski definition) is 0. The highest BCUT2D eigenvalue weighted by Gasteiger charge is 2.21. The lowest BCUT2D eigenvalue weighted by molar-refractivity contribution is 0.0592. The smallest absolute Gasteiger partial charge is 0.337 e. The molecule has 0 bridgehead atoms. The molecular formula is C17H14O4. The summed E-state index contributed by atoms with van der Waals surface area (Å²) in [5.41, 5.74) is 5.33. The Labute approximate surface area is 122 Å². The predicted octanol–water partition coefficient (Wildman–Crippen LogP) is 2.83. The van der Waals surface area contributed by atoms with Crippen molar-refractivity contribution in [3.05, 3.63) is 58.7 Å². The van der Waals surface area contributed by atoms with Crippen LogP contribution in [0.4, 0.5) is 0 Å². The molecule has 0 N–H and O–H groups in total. The SMILES string of the molecule is COC(=O)c1ccc2c(c1)Cc1ccc(C(=O)OC)cc1-2. The van der Waals surface area contributed by atoms with E-state index < -0.39 is 0 Å². The van der Waals surface area contributed by atoms with Gasteiger partial charge >= 0.3 is 11.9 Å². The van der Waals surface area contributed by atoms with Gasteiger partial charge in [0.1, 0.15) is 0 Å². The van der Waals surface area contributed by atoms with Crippen molar-refractivity contribution in [3.8, 4) is 11.1 Å². The summed E-state index contributed by atoms with van der Waals surface area (Å²) in [5, 5.41) is 0. The number of esters is 2. The van der Waals surface area contributed by atoms with Crippen molar-refractivity contribution in [2.75, 3.05) is 14.2 Å². The molecule has 1 aliphatic carbocycles. The number of carbonyl (C=O) groups excluding carboxylic acids is 2. The first-order valence-corrected chi connectivity index (χ1v) is 6.57. The van der Waals surface area contributed by atoms with Crippen LogP contribution in [0.2, 0.25) is 0 Å².